The monoisotopic (exact) mass is 533 g/mol. The smallest absolute Gasteiger partial charge is 0.255 e. The first kappa shape index (κ1) is 22.5. The summed E-state index contributed by atoms with van der Waals surface area (Å²) in [6.45, 7) is 0.426. The summed E-state index contributed by atoms with van der Waals surface area (Å²) in [6.07, 6.45) is 2.18. The number of carbonyl (C=O) groups excluding carboxylic acids is 1. The van der Waals surface area contributed by atoms with Crippen molar-refractivity contribution in [2.45, 2.75) is 25.2 Å². The number of phenolic OH excluding ortho intramolecular Hbond substituents is 1. The third kappa shape index (κ3) is 6.16. The molecule has 30 heavy (non-hydrogen) atoms. The molecule has 0 saturated carbocycles. The standard InChI is InChI=1S/C24H22Br2FNO2/c25-19-10-8-16(9-11-19)18(5-3-4-17-14-20(26)12-13-22(17)27)15-28-24(30)21-6-1-2-7-23(21)29/h1-2,6-14,18,29H,3-5,15H2,(H,28,30). The van der Waals surface area contributed by atoms with E-state index in [4.69, 9.17) is 0 Å². The van der Waals surface area contributed by atoms with Gasteiger partial charge in [0.2, 0.25) is 0 Å². The van der Waals surface area contributed by atoms with E-state index in [2.05, 4.69) is 37.2 Å². The molecule has 3 aromatic carbocycles. The zero-order chi connectivity index (χ0) is 21.5. The molecule has 1 unspecified atom stereocenters. The third-order valence-corrected chi connectivity index (χ3v) is 6.03. The average Bonchev–Trinajstić information content (AvgIpc) is 2.74. The van der Waals surface area contributed by atoms with E-state index in [1.165, 1.54) is 12.1 Å². The van der Waals surface area contributed by atoms with Gasteiger partial charge in [0.1, 0.15) is 11.6 Å². The van der Waals surface area contributed by atoms with Gasteiger partial charge in [0.25, 0.3) is 5.91 Å². The Bertz CT molecular complexity index is 1010. The molecule has 1 amide bonds. The van der Waals surface area contributed by atoms with Gasteiger partial charge in [-0.1, -0.05) is 56.1 Å². The Kier molecular flexibility index (Phi) is 8.05. The van der Waals surface area contributed by atoms with E-state index in [9.17, 15) is 14.3 Å². The van der Waals surface area contributed by atoms with Gasteiger partial charge in [-0.05, 0) is 72.9 Å². The fourth-order valence-electron chi connectivity index (χ4n) is 3.37. The minimum absolute atomic E-state index is 0.0414. The number of rotatable bonds is 8. The van der Waals surface area contributed by atoms with Crippen LogP contribution in [0.15, 0.2) is 75.7 Å². The van der Waals surface area contributed by atoms with Crippen molar-refractivity contribution < 1.29 is 14.3 Å². The van der Waals surface area contributed by atoms with Gasteiger partial charge in [-0.15, -0.1) is 0 Å². The first-order valence-electron chi connectivity index (χ1n) is 9.69. The van der Waals surface area contributed by atoms with Crippen LogP contribution < -0.4 is 5.32 Å². The molecular formula is C24H22Br2FNO2. The summed E-state index contributed by atoms with van der Waals surface area (Å²) >= 11 is 6.84. The Balaban J connectivity index is 1.67. The highest BCUT2D eigenvalue weighted by Gasteiger charge is 2.16. The normalized spacial score (nSPS) is 11.8. The van der Waals surface area contributed by atoms with E-state index < -0.39 is 0 Å². The number of nitrogens with one attached hydrogen (secondary N) is 1. The van der Waals surface area contributed by atoms with Gasteiger partial charge in [0.15, 0.2) is 0 Å². The second-order valence-electron chi connectivity index (χ2n) is 7.10. The van der Waals surface area contributed by atoms with E-state index in [-0.39, 0.29) is 29.0 Å². The van der Waals surface area contributed by atoms with Gasteiger partial charge < -0.3 is 10.4 Å². The Morgan fingerprint density at radius 3 is 2.43 bits per heavy atom. The van der Waals surface area contributed by atoms with Crippen LogP contribution in [-0.4, -0.2) is 17.6 Å². The van der Waals surface area contributed by atoms with E-state index in [1.54, 1.807) is 24.3 Å². The molecular weight excluding hydrogens is 513 g/mol. The van der Waals surface area contributed by atoms with E-state index in [0.29, 0.717) is 18.5 Å². The molecule has 0 saturated heterocycles. The summed E-state index contributed by atoms with van der Waals surface area (Å²) in [6, 6.07) is 19.5. The van der Waals surface area contributed by atoms with Crippen molar-refractivity contribution in [1.29, 1.82) is 0 Å². The Morgan fingerprint density at radius 1 is 1.00 bits per heavy atom. The van der Waals surface area contributed by atoms with Gasteiger partial charge in [-0.25, -0.2) is 4.39 Å². The predicted molar refractivity (Wildman–Crippen MR) is 124 cm³/mol. The Morgan fingerprint density at radius 2 is 1.70 bits per heavy atom. The Hall–Kier alpha value is -2.18. The molecule has 0 heterocycles. The van der Waals surface area contributed by atoms with E-state index >= 15 is 0 Å². The first-order valence-corrected chi connectivity index (χ1v) is 11.3. The third-order valence-electron chi connectivity index (χ3n) is 5.01. The molecule has 0 bridgehead atoms. The van der Waals surface area contributed by atoms with Crippen molar-refractivity contribution in [3.8, 4) is 5.75 Å². The van der Waals surface area contributed by atoms with E-state index in [0.717, 1.165) is 27.4 Å². The van der Waals surface area contributed by atoms with Crippen LogP contribution in [0.5, 0.6) is 5.75 Å². The summed E-state index contributed by atoms with van der Waals surface area (Å²) in [5, 5.41) is 12.8. The quantitative estimate of drug-likeness (QED) is 0.342. The highest BCUT2D eigenvalue weighted by atomic mass is 79.9. The van der Waals surface area contributed by atoms with Crippen LogP contribution in [0.2, 0.25) is 0 Å². The number of hydrogen-bond acceptors (Lipinski definition) is 2. The number of phenols is 1. The summed E-state index contributed by atoms with van der Waals surface area (Å²) in [5.41, 5.74) is 2.03. The number of aromatic hydroxyl groups is 1. The van der Waals surface area contributed by atoms with Crippen LogP contribution in [0.25, 0.3) is 0 Å². The summed E-state index contributed by atoms with van der Waals surface area (Å²) in [7, 11) is 0. The number of amides is 1. The molecule has 3 nitrogen and oxygen atoms in total. The lowest BCUT2D eigenvalue weighted by molar-refractivity contribution is 0.0948. The van der Waals surface area contributed by atoms with Gasteiger partial charge in [0, 0.05) is 21.4 Å². The zero-order valence-electron chi connectivity index (χ0n) is 16.2. The van der Waals surface area contributed by atoms with E-state index in [1.807, 2.05) is 30.3 Å². The Labute approximate surface area is 192 Å². The predicted octanol–water partition coefficient (Wildman–Crippen LogP) is 6.59. The lowest BCUT2D eigenvalue weighted by Crippen LogP contribution is -2.28. The largest absolute Gasteiger partial charge is 0.507 e. The molecule has 6 heteroatoms. The minimum Gasteiger partial charge on any atom is -0.507 e. The summed E-state index contributed by atoms with van der Waals surface area (Å²) < 4.78 is 15.9. The molecule has 0 spiro atoms. The highest BCUT2D eigenvalue weighted by molar-refractivity contribution is 9.10. The molecule has 156 valence electrons. The van der Waals surface area contributed by atoms with Crippen LogP contribution in [0, 0.1) is 5.82 Å². The maximum atomic E-state index is 14.0. The topological polar surface area (TPSA) is 49.3 Å². The number of benzene rings is 3. The fourth-order valence-corrected chi connectivity index (χ4v) is 4.04. The first-order chi connectivity index (χ1) is 14.4. The number of aryl methyl sites for hydroxylation is 1. The lowest BCUT2D eigenvalue weighted by atomic mass is 9.92. The number of carbonyl (C=O) groups is 1. The summed E-state index contributed by atoms with van der Waals surface area (Å²) in [5.74, 6) is -0.483. The molecule has 0 aliphatic carbocycles. The molecule has 0 aromatic heterocycles. The molecule has 0 aliphatic rings. The molecule has 0 radical (unpaired) electrons. The summed E-state index contributed by atoms with van der Waals surface area (Å²) in [4.78, 5) is 12.5. The van der Waals surface area contributed by atoms with Gasteiger partial charge in [-0.3, -0.25) is 4.79 Å². The number of para-hydroxylation sites is 1. The average molecular weight is 535 g/mol. The van der Waals surface area contributed by atoms with Crippen LogP contribution in [-0.2, 0) is 6.42 Å². The van der Waals surface area contributed by atoms with Crippen LogP contribution in [0.4, 0.5) is 4.39 Å². The second-order valence-corrected chi connectivity index (χ2v) is 8.93. The highest BCUT2D eigenvalue weighted by Crippen LogP contribution is 2.25. The van der Waals surface area contributed by atoms with Gasteiger partial charge >= 0.3 is 0 Å². The second kappa shape index (κ2) is 10.7. The van der Waals surface area contributed by atoms with Crippen LogP contribution in [0.3, 0.4) is 0 Å². The SMILES string of the molecule is O=C(NCC(CCCc1cc(Br)ccc1F)c1ccc(Br)cc1)c1ccccc1O. The van der Waals surface area contributed by atoms with Crippen molar-refractivity contribution in [2.75, 3.05) is 6.54 Å². The maximum Gasteiger partial charge on any atom is 0.255 e. The molecule has 1 atom stereocenters. The van der Waals surface area contributed by atoms with Crippen molar-refractivity contribution >= 4 is 37.8 Å². The van der Waals surface area contributed by atoms with Crippen molar-refractivity contribution in [3.63, 3.8) is 0 Å². The van der Waals surface area contributed by atoms with Gasteiger partial charge in [0.05, 0.1) is 5.56 Å². The van der Waals surface area contributed by atoms with Crippen LogP contribution in [0.1, 0.15) is 40.2 Å². The maximum absolute atomic E-state index is 14.0. The van der Waals surface area contributed by atoms with Crippen LogP contribution >= 0.6 is 31.9 Å². The van der Waals surface area contributed by atoms with Crippen molar-refractivity contribution in [3.05, 3.63) is 98.2 Å². The molecule has 0 fully saturated rings. The number of halogens is 3. The van der Waals surface area contributed by atoms with Gasteiger partial charge in [-0.2, -0.15) is 0 Å². The molecule has 3 aromatic rings. The minimum atomic E-state index is -0.312. The van der Waals surface area contributed by atoms with Crippen molar-refractivity contribution in [2.24, 2.45) is 0 Å². The molecule has 0 aliphatic heterocycles. The fraction of sp³-hybridized carbons (Fsp3) is 0.208. The molecule has 2 N–H and O–H groups in total. The van der Waals surface area contributed by atoms with Crippen molar-refractivity contribution in [1.82, 2.24) is 5.32 Å². The lowest BCUT2D eigenvalue weighted by Gasteiger charge is -2.19. The molecule has 3 rings (SSSR count). The number of hydrogen-bond donors (Lipinski definition) is 2. The zero-order valence-corrected chi connectivity index (χ0v) is 19.4.